The second-order valence-corrected chi connectivity index (χ2v) is 7.82. The number of unbranched alkanes of at least 4 members (excludes halogenated alkanes) is 1. The molecule has 1 saturated heterocycles. The summed E-state index contributed by atoms with van der Waals surface area (Å²) in [5, 5.41) is 4.09. The minimum atomic E-state index is -0.0850. The monoisotopic (exact) mass is 438 g/mol. The Morgan fingerprint density at radius 2 is 1.88 bits per heavy atom. The number of carbonyl (C=O) groups is 1. The lowest BCUT2D eigenvalue weighted by Gasteiger charge is -2.36. The van der Waals surface area contributed by atoms with Gasteiger partial charge in [0, 0.05) is 44.8 Å². The number of nitrogens with one attached hydrogen (secondary N) is 1. The van der Waals surface area contributed by atoms with E-state index in [0.717, 1.165) is 56.9 Å². The highest BCUT2D eigenvalue weighted by Crippen LogP contribution is 2.27. The van der Waals surface area contributed by atoms with E-state index < -0.39 is 0 Å². The fraction of sp³-hybridized carbons (Fsp3) is 0.440. The molecule has 1 fully saturated rings. The van der Waals surface area contributed by atoms with Gasteiger partial charge in [-0.3, -0.25) is 9.69 Å². The highest BCUT2D eigenvalue weighted by Gasteiger charge is 2.17. The van der Waals surface area contributed by atoms with Crippen molar-refractivity contribution in [2.24, 2.45) is 5.10 Å². The second-order valence-electron chi connectivity index (χ2n) is 7.82. The van der Waals surface area contributed by atoms with Crippen LogP contribution >= 0.6 is 0 Å². The molecule has 1 aliphatic heterocycles. The average molecular weight is 439 g/mol. The van der Waals surface area contributed by atoms with Crippen molar-refractivity contribution in [3.8, 4) is 11.5 Å². The molecular formula is C25H34N4O3. The third-order valence-corrected chi connectivity index (χ3v) is 5.49. The van der Waals surface area contributed by atoms with E-state index in [1.807, 2.05) is 24.3 Å². The number of hydrazone groups is 1. The number of hydrogen-bond acceptors (Lipinski definition) is 6. The largest absolute Gasteiger partial charge is 0.493 e. The molecule has 0 radical (unpaired) electrons. The fourth-order valence-corrected chi connectivity index (χ4v) is 3.57. The van der Waals surface area contributed by atoms with E-state index in [1.165, 1.54) is 5.69 Å². The molecule has 7 heteroatoms. The molecule has 0 atom stereocenters. The number of methoxy groups -OCH3 is 1. The molecule has 172 valence electrons. The summed E-state index contributed by atoms with van der Waals surface area (Å²) < 4.78 is 11.1. The normalized spacial score (nSPS) is 14.5. The molecule has 0 aliphatic carbocycles. The zero-order valence-corrected chi connectivity index (χ0v) is 19.1. The van der Waals surface area contributed by atoms with Gasteiger partial charge in [-0.2, -0.15) is 5.10 Å². The summed E-state index contributed by atoms with van der Waals surface area (Å²) in [6.07, 6.45) is 4.13. The van der Waals surface area contributed by atoms with Gasteiger partial charge in [0.05, 0.1) is 19.9 Å². The van der Waals surface area contributed by atoms with Crippen LogP contribution in [-0.4, -0.2) is 63.5 Å². The number of benzene rings is 2. The first-order valence-electron chi connectivity index (χ1n) is 11.3. The van der Waals surface area contributed by atoms with Gasteiger partial charge in [-0.25, -0.2) is 5.43 Å². The molecule has 2 aromatic carbocycles. The number of anilines is 1. The van der Waals surface area contributed by atoms with Gasteiger partial charge in [0.2, 0.25) is 5.91 Å². The number of piperazine rings is 1. The van der Waals surface area contributed by atoms with E-state index in [-0.39, 0.29) is 5.91 Å². The molecule has 0 saturated carbocycles. The number of nitrogens with zero attached hydrogens (tertiary/aromatic N) is 3. The maximum Gasteiger partial charge on any atom is 0.241 e. The molecule has 2 aromatic rings. The molecule has 3 rings (SSSR count). The molecule has 7 nitrogen and oxygen atoms in total. The number of ether oxygens (including phenoxy) is 2. The number of para-hydroxylation sites is 1. The zero-order valence-electron chi connectivity index (χ0n) is 19.1. The molecular weight excluding hydrogens is 404 g/mol. The predicted molar refractivity (Wildman–Crippen MR) is 129 cm³/mol. The molecule has 1 N–H and O–H groups in total. The van der Waals surface area contributed by atoms with Crippen LogP contribution in [0.25, 0.3) is 0 Å². The predicted octanol–water partition coefficient (Wildman–Crippen LogP) is 3.54. The van der Waals surface area contributed by atoms with Crippen molar-refractivity contribution in [3.63, 3.8) is 0 Å². The van der Waals surface area contributed by atoms with Crippen molar-refractivity contribution in [1.82, 2.24) is 10.3 Å². The molecule has 32 heavy (non-hydrogen) atoms. The first-order chi connectivity index (χ1) is 15.7. The van der Waals surface area contributed by atoms with Gasteiger partial charge in [-0.05, 0) is 42.3 Å². The topological polar surface area (TPSA) is 66.4 Å². The van der Waals surface area contributed by atoms with Crippen LogP contribution in [0.2, 0.25) is 0 Å². The standard InChI is InChI=1S/C25H34N4O3/c1-3-4-18-32-23-11-10-21(19-24(23)31-2)20-26-27-25(30)12-13-28-14-16-29(17-15-28)22-8-6-5-7-9-22/h5-11,19-20H,3-4,12-18H2,1-2H3,(H,27,30)/b26-20+. The van der Waals surface area contributed by atoms with Crippen molar-refractivity contribution in [1.29, 1.82) is 0 Å². The Kier molecular flexibility index (Phi) is 9.37. The lowest BCUT2D eigenvalue weighted by molar-refractivity contribution is -0.121. The number of carbonyl (C=O) groups excluding carboxylic acids is 1. The average Bonchev–Trinajstić information content (AvgIpc) is 2.84. The molecule has 0 spiro atoms. The van der Waals surface area contributed by atoms with Gasteiger partial charge in [-0.1, -0.05) is 31.5 Å². The van der Waals surface area contributed by atoms with Crippen LogP contribution in [-0.2, 0) is 4.79 Å². The molecule has 0 unspecified atom stereocenters. The summed E-state index contributed by atoms with van der Waals surface area (Å²) in [4.78, 5) is 16.9. The minimum Gasteiger partial charge on any atom is -0.493 e. The highest BCUT2D eigenvalue weighted by molar-refractivity contribution is 5.83. The van der Waals surface area contributed by atoms with Gasteiger partial charge in [0.15, 0.2) is 11.5 Å². The molecule has 1 aliphatic rings. The van der Waals surface area contributed by atoms with Gasteiger partial charge in [-0.15, -0.1) is 0 Å². The smallest absolute Gasteiger partial charge is 0.241 e. The van der Waals surface area contributed by atoms with E-state index in [0.29, 0.717) is 18.8 Å². The third kappa shape index (κ3) is 7.27. The summed E-state index contributed by atoms with van der Waals surface area (Å²) >= 11 is 0. The van der Waals surface area contributed by atoms with Crippen molar-refractivity contribution >= 4 is 17.8 Å². The van der Waals surface area contributed by atoms with Crippen LogP contribution in [0.5, 0.6) is 11.5 Å². The third-order valence-electron chi connectivity index (χ3n) is 5.49. The quantitative estimate of drug-likeness (QED) is 0.330. The summed E-state index contributed by atoms with van der Waals surface area (Å²) in [7, 11) is 1.62. The van der Waals surface area contributed by atoms with Crippen molar-refractivity contribution in [3.05, 3.63) is 54.1 Å². The lowest BCUT2D eigenvalue weighted by Crippen LogP contribution is -2.47. The summed E-state index contributed by atoms with van der Waals surface area (Å²) in [5.41, 5.74) is 4.72. The Bertz CT molecular complexity index is 865. The molecule has 1 heterocycles. The Balaban J connectivity index is 1.38. The van der Waals surface area contributed by atoms with Gasteiger partial charge in [0.1, 0.15) is 0 Å². The van der Waals surface area contributed by atoms with Gasteiger partial charge < -0.3 is 14.4 Å². The first kappa shape index (κ1) is 23.6. The Morgan fingerprint density at radius 1 is 1.09 bits per heavy atom. The van der Waals surface area contributed by atoms with Crippen molar-refractivity contribution < 1.29 is 14.3 Å². The zero-order chi connectivity index (χ0) is 22.6. The first-order valence-corrected chi connectivity index (χ1v) is 11.3. The SMILES string of the molecule is CCCCOc1ccc(/C=N/NC(=O)CCN2CCN(c3ccccc3)CC2)cc1OC. The second kappa shape index (κ2) is 12.7. The Morgan fingerprint density at radius 3 is 2.59 bits per heavy atom. The lowest BCUT2D eigenvalue weighted by atomic mass is 10.2. The summed E-state index contributed by atoms with van der Waals surface area (Å²) in [6, 6.07) is 16.1. The maximum atomic E-state index is 12.2. The van der Waals surface area contributed by atoms with Gasteiger partial charge >= 0.3 is 0 Å². The van der Waals surface area contributed by atoms with Crippen LogP contribution < -0.4 is 19.8 Å². The molecule has 0 aromatic heterocycles. The van der Waals surface area contributed by atoms with Crippen LogP contribution in [0.4, 0.5) is 5.69 Å². The Hall–Kier alpha value is -3.06. The number of hydrogen-bond donors (Lipinski definition) is 1. The number of rotatable bonds is 11. The van der Waals surface area contributed by atoms with E-state index >= 15 is 0 Å². The van der Waals surface area contributed by atoms with E-state index in [1.54, 1.807) is 13.3 Å². The van der Waals surface area contributed by atoms with Crippen LogP contribution in [0.1, 0.15) is 31.7 Å². The molecule has 0 bridgehead atoms. The van der Waals surface area contributed by atoms with E-state index in [2.05, 4.69) is 51.5 Å². The minimum absolute atomic E-state index is 0.0850. The summed E-state index contributed by atoms with van der Waals surface area (Å²) in [5.74, 6) is 1.29. The van der Waals surface area contributed by atoms with Crippen LogP contribution in [0.3, 0.4) is 0 Å². The van der Waals surface area contributed by atoms with E-state index in [9.17, 15) is 4.79 Å². The Labute approximate surface area is 191 Å². The van der Waals surface area contributed by atoms with Crippen molar-refractivity contribution in [2.75, 3.05) is 51.3 Å². The van der Waals surface area contributed by atoms with Crippen LogP contribution in [0.15, 0.2) is 53.6 Å². The van der Waals surface area contributed by atoms with Crippen molar-refractivity contribution in [2.45, 2.75) is 26.2 Å². The number of amides is 1. The molecule has 1 amide bonds. The van der Waals surface area contributed by atoms with Gasteiger partial charge in [0.25, 0.3) is 0 Å². The summed E-state index contributed by atoms with van der Waals surface area (Å²) in [6.45, 7) is 7.39. The fourth-order valence-electron chi connectivity index (χ4n) is 3.57. The van der Waals surface area contributed by atoms with E-state index in [4.69, 9.17) is 9.47 Å². The highest BCUT2D eigenvalue weighted by atomic mass is 16.5. The van der Waals surface area contributed by atoms with Crippen LogP contribution in [0, 0.1) is 0 Å². The maximum absolute atomic E-state index is 12.2.